The minimum absolute atomic E-state index is 0.0412. The second-order valence-electron chi connectivity index (χ2n) is 6.98. The standard InChI is InChI=1S/C19H23ClN4O2/c20-17-7-3-2-6-16(17)18-10-14(22-26-18)11-21-19(25)24-12-15(13-24)23-8-4-1-5-9-23/h2-3,6-7,10,15H,1,4-5,8-9,11-13H2,(H,21,25). The summed E-state index contributed by atoms with van der Waals surface area (Å²) >= 11 is 6.17. The first-order chi connectivity index (χ1) is 12.7. The molecule has 0 bridgehead atoms. The average Bonchev–Trinajstić information content (AvgIpc) is 3.09. The first kappa shape index (κ1) is 17.4. The van der Waals surface area contributed by atoms with Crippen molar-refractivity contribution >= 4 is 17.6 Å². The second kappa shape index (κ2) is 7.68. The van der Waals surface area contributed by atoms with E-state index in [2.05, 4.69) is 15.4 Å². The number of amides is 2. The van der Waals surface area contributed by atoms with Crippen molar-refractivity contribution < 1.29 is 9.32 Å². The van der Waals surface area contributed by atoms with Crippen molar-refractivity contribution in [1.82, 2.24) is 20.3 Å². The average molecular weight is 375 g/mol. The number of halogens is 1. The van der Waals surface area contributed by atoms with E-state index in [0.717, 1.165) is 18.7 Å². The van der Waals surface area contributed by atoms with Crippen molar-refractivity contribution in [1.29, 1.82) is 0 Å². The van der Waals surface area contributed by atoms with Crippen molar-refractivity contribution in [2.24, 2.45) is 0 Å². The molecule has 1 aromatic heterocycles. The fourth-order valence-corrected chi connectivity index (χ4v) is 3.83. The maximum atomic E-state index is 12.3. The predicted octanol–water partition coefficient (Wildman–Crippen LogP) is 3.37. The molecule has 2 aliphatic rings. The molecule has 4 rings (SSSR count). The van der Waals surface area contributed by atoms with Gasteiger partial charge in [0, 0.05) is 30.8 Å². The Balaban J connectivity index is 1.26. The Morgan fingerprint density at radius 1 is 1.23 bits per heavy atom. The monoisotopic (exact) mass is 374 g/mol. The lowest BCUT2D eigenvalue weighted by Gasteiger charge is -2.46. The number of piperidine rings is 1. The molecule has 138 valence electrons. The lowest BCUT2D eigenvalue weighted by molar-refractivity contribution is 0.0450. The van der Waals surface area contributed by atoms with Gasteiger partial charge in [0.1, 0.15) is 5.69 Å². The van der Waals surface area contributed by atoms with Crippen LogP contribution in [0.2, 0.25) is 5.02 Å². The predicted molar refractivity (Wildman–Crippen MR) is 100.0 cm³/mol. The molecule has 6 nitrogen and oxygen atoms in total. The molecular weight excluding hydrogens is 352 g/mol. The number of nitrogens with one attached hydrogen (secondary N) is 1. The van der Waals surface area contributed by atoms with Gasteiger partial charge in [-0.15, -0.1) is 0 Å². The number of aromatic nitrogens is 1. The number of likely N-dealkylation sites (tertiary alicyclic amines) is 2. The molecule has 0 radical (unpaired) electrons. The first-order valence-electron chi connectivity index (χ1n) is 9.18. The van der Waals surface area contributed by atoms with Crippen LogP contribution in [0.15, 0.2) is 34.9 Å². The molecule has 3 heterocycles. The van der Waals surface area contributed by atoms with Crippen LogP contribution >= 0.6 is 11.6 Å². The Hall–Kier alpha value is -2.05. The van der Waals surface area contributed by atoms with Crippen LogP contribution in [0, 0.1) is 0 Å². The van der Waals surface area contributed by atoms with Gasteiger partial charge in [0.05, 0.1) is 11.6 Å². The third-order valence-electron chi connectivity index (χ3n) is 5.18. The Kier molecular flexibility index (Phi) is 5.13. The molecule has 0 aliphatic carbocycles. The second-order valence-corrected chi connectivity index (χ2v) is 7.38. The highest BCUT2D eigenvalue weighted by Crippen LogP contribution is 2.28. The van der Waals surface area contributed by atoms with E-state index in [-0.39, 0.29) is 6.03 Å². The van der Waals surface area contributed by atoms with E-state index >= 15 is 0 Å². The molecular formula is C19H23ClN4O2. The van der Waals surface area contributed by atoms with Gasteiger partial charge in [-0.05, 0) is 38.1 Å². The summed E-state index contributed by atoms with van der Waals surface area (Å²) in [5.41, 5.74) is 1.48. The summed E-state index contributed by atoms with van der Waals surface area (Å²) in [6.45, 7) is 4.32. The van der Waals surface area contributed by atoms with Crippen molar-refractivity contribution in [3.8, 4) is 11.3 Å². The van der Waals surface area contributed by atoms with Gasteiger partial charge in [0.25, 0.3) is 0 Å². The number of hydrogen-bond acceptors (Lipinski definition) is 4. The molecule has 2 aliphatic heterocycles. The zero-order valence-electron chi connectivity index (χ0n) is 14.7. The van der Waals surface area contributed by atoms with Crippen LogP contribution in [0.5, 0.6) is 0 Å². The summed E-state index contributed by atoms with van der Waals surface area (Å²) in [7, 11) is 0. The Morgan fingerprint density at radius 2 is 2.00 bits per heavy atom. The van der Waals surface area contributed by atoms with Gasteiger partial charge in [-0.2, -0.15) is 0 Å². The summed E-state index contributed by atoms with van der Waals surface area (Å²) in [5, 5.41) is 7.55. The maximum absolute atomic E-state index is 12.3. The third-order valence-corrected chi connectivity index (χ3v) is 5.51. The molecule has 2 aromatic rings. The number of carbonyl (C=O) groups is 1. The quantitative estimate of drug-likeness (QED) is 0.891. The molecule has 0 spiro atoms. The number of rotatable bonds is 4. The minimum Gasteiger partial charge on any atom is -0.356 e. The molecule has 0 saturated carbocycles. The zero-order chi connectivity index (χ0) is 17.9. The molecule has 1 N–H and O–H groups in total. The number of carbonyl (C=O) groups excluding carboxylic acids is 1. The largest absolute Gasteiger partial charge is 0.356 e. The van der Waals surface area contributed by atoms with E-state index < -0.39 is 0 Å². The Labute approximate surface area is 158 Å². The fraction of sp³-hybridized carbons (Fsp3) is 0.474. The summed E-state index contributed by atoms with van der Waals surface area (Å²) in [6.07, 6.45) is 3.90. The van der Waals surface area contributed by atoms with Crippen LogP contribution in [0.1, 0.15) is 25.0 Å². The van der Waals surface area contributed by atoms with Crippen molar-refractivity contribution in [3.63, 3.8) is 0 Å². The molecule has 7 heteroatoms. The van der Waals surface area contributed by atoms with Gasteiger partial charge >= 0.3 is 6.03 Å². The highest BCUT2D eigenvalue weighted by Gasteiger charge is 2.35. The maximum Gasteiger partial charge on any atom is 0.317 e. The number of nitrogens with zero attached hydrogens (tertiary/aromatic N) is 3. The van der Waals surface area contributed by atoms with Gasteiger partial charge in [0.2, 0.25) is 0 Å². The van der Waals surface area contributed by atoms with Crippen molar-refractivity contribution in [2.75, 3.05) is 26.2 Å². The topological polar surface area (TPSA) is 61.6 Å². The van der Waals surface area contributed by atoms with Crippen molar-refractivity contribution in [2.45, 2.75) is 31.8 Å². The lowest BCUT2D eigenvalue weighted by atomic mass is 10.0. The van der Waals surface area contributed by atoms with Crippen LogP contribution < -0.4 is 5.32 Å². The van der Waals surface area contributed by atoms with Crippen LogP contribution in [0.3, 0.4) is 0 Å². The van der Waals surface area contributed by atoms with Crippen LogP contribution in [0.25, 0.3) is 11.3 Å². The molecule has 1 aromatic carbocycles. The third kappa shape index (κ3) is 3.71. The first-order valence-corrected chi connectivity index (χ1v) is 9.56. The summed E-state index contributed by atoms with van der Waals surface area (Å²) in [5.74, 6) is 0.606. The van der Waals surface area contributed by atoms with E-state index in [1.165, 1.54) is 32.4 Å². The summed E-state index contributed by atoms with van der Waals surface area (Å²) in [4.78, 5) is 16.6. The van der Waals surface area contributed by atoms with Gasteiger partial charge in [-0.25, -0.2) is 4.79 Å². The van der Waals surface area contributed by atoms with E-state index in [9.17, 15) is 4.79 Å². The van der Waals surface area contributed by atoms with E-state index in [0.29, 0.717) is 29.1 Å². The molecule has 0 atom stereocenters. The lowest BCUT2D eigenvalue weighted by Crippen LogP contribution is -2.63. The van der Waals surface area contributed by atoms with E-state index in [1.54, 1.807) is 0 Å². The van der Waals surface area contributed by atoms with Gasteiger partial charge in [0.15, 0.2) is 5.76 Å². The molecule has 26 heavy (non-hydrogen) atoms. The van der Waals surface area contributed by atoms with Crippen LogP contribution in [0.4, 0.5) is 4.79 Å². The Bertz CT molecular complexity index is 766. The normalized spacial score (nSPS) is 18.6. The van der Waals surface area contributed by atoms with E-state index in [1.807, 2.05) is 35.2 Å². The smallest absolute Gasteiger partial charge is 0.317 e. The SMILES string of the molecule is O=C(NCc1cc(-c2ccccc2Cl)on1)N1CC(N2CCCCC2)C1. The highest BCUT2D eigenvalue weighted by molar-refractivity contribution is 6.33. The van der Waals surface area contributed by atoms with E-state index in [4.69, 9.17) is 16.1 Å². The minimum atomic E-state index is -0.0412. The number of hydrogen-bond donors (Lipinski definition) is 1. The fourth-order valence-electron chi connectivity index (χ4n) is 3.60. The molecule has 2 amide bonds. The van der Waals surface area contributed by atoms with Gasteiger partial charge in [-0.1, -0.05) is 35.3 Å². The van der Waals surface area contributed by atoms with Crippen molar-refractivity contribution in [3.05, 3.63) is 41.0 Å². The molecule has 2 saturated heterocycles. The number of urea groups is 1. The van der Waals surface area contributed by atoms with Gasteiger partial charge < -0.3 is 14.7 Å². The molecule has 0 unspecified atom stereocenters. The van der Waals surface area contributed by atoms with Crippen LogP contribution in [-0.2, 0) is 6.54 Å². The Morgan fingerprint density at radius 3 is 2.77 bits per heavy atom. The van der Waals surface area contributed by atoms with Gasteiger partial charge in [-0.3, -0.25) is 4.90 Å². The summed E-state index contributed by atoms with van der Waals surface area (Å²) in [6, 6.07) is 9.76. The zero-order valence-corrected chi connectivity index (χ0v) is 15.4. The highest BCUT2D eigenvalue weighted by atomic mass is 35.5. The number of benzene rings is 1. The van der Waals surface area contributed by atoms with Crippen LogP contribution in [-0.4, -0.2) is 53.2 Å². The molecule has 2 fully saturated rings. The summed E-state index contributed by atoms with van der Waals surface area (Å²) < 4.78 is 5.35.